The van der Waals surface area contributed by atoms with Gasteiger partial charge in [-0.3, -0.25) is 4.79 Å². The summed E-state index contributed by atoms with van der Waals surface area (Å²) in [6.45, 7) is 2.77. The molecule has 2 heterocycles. The van der Waals surface area contributed by atoms with Crippen molar-refractivity contribution < 1.29 is 18.7 Å². The largest absolute Gasteiger partial charge is 0.481 e. The number of aromatic hydroxyl groups is 1. The van der Waals surface area contributed by atoms with Crippen LogP contribution in [0.5, 0.6) is 11.9 Å². The van der Waals surface area contributed by atoms with Crippen LogP contribution in [0.1, 0.15) is 45.4 Å². The molecule has 1 N–H and O–H groups in total. The van der Waals surface area contributed by atoms with Gasteiger partial charge in [0.1, 0.15) is 11.2 Å². The predicted octanol–water partition coefficient (Wildman–Crippen LogP) is 4.98. The van der Waals surface area contributed by atoms with E-state index in [1.165, 1.54) is 43.9 Å². The molecule has 0 fully saturated rings. The summed E-state index contributed by atoms with van der Waals surface area (Å²) in [7, 11) is 0. The molecule has 0 saturated carbocycles. The van der Waals surface area contributed by atoms with E-state index in [4.69, 9.17) is 13.6 Å². The van der Waals surface area contributed by atoms with Gasteiger partial charge in [-0.05, 0) is 6.42 Å². The lowest BCUT2D eigenvalue weighted by molar-refractivity contribution is 0.239. The second-order valence-corrected chi connectivity index (χ2v) is 6.02. The molecule has 3 aromatic rings. The molecule has 24 heavy (non-hydrogen) atoms. The molecule has 0 aliphatic carbocycles. The first-order valence-corrected chi connectivity index (χ1v) is 8.50. The minimum Gasteiger partial charge on any atom is -0.481 e. The number of rotatable bonds is 8. The smallest absolute Gasteiger partial charge is 0.285 e. The maximum absolute atomic E-state index is 11.7. The first-order chi connectivity index (χ1) is 11.7. The Morgan fingerprint density at radius 2 is 1.67 bits per heavy atom. The van der Waals surface area contributed by atoms with Gasteiger partial charge < -0.3 is 18.7 Å². The van der Waals surface area contributed by atoms with E-state index in [0.717, 1.165) is 12.8 Å². The third kappa shape index (κ3) is 3.72. The summed E-state index contributed by atoms with van der Waals surface area (Å²) < 4.78 is 16.5. The maximum atomic E-state index is 11.7. The molecule has 0 aliphatic heterocycles. The van der Waals surface area contributed by atoms with Crippen molar-refractivity contribution in [2.75, 3.05) is 6.61 Å². The van der Waals surface area contributed by atoms with E-state index in [-0.39, 0.29) is 11.4 Å². The fraction of sp³-hybridized carbons (Fsp3) is 0.421. The molecule has 0 bridgehead atoms. The van der Waals surface area contributed by atoms with Gasteiger partial charge >= 0.3 is 0 Å². The van der Waals surface area contributed by atoms with Gasteiger partial charge in [-0.1, -0.05) is 39.0 Å². The molecule has 0 amide bonds. The molecule has 0 saturated heterocycles. The number of unbranched alkanes of at least 4 members (excludes halogenated alkanes) is 5. The third-order valence-corrected chi connectivity index (χ3v) is 4.05. The molecule has 0 unspecified atom stereocenters. The zero-order chi connectivity index (χ0) is 16.9. The Labute approximate surface area is 139 Å². The molecule has 0 spiro atoms. The first-order valence-electron chi connectivity index (χ1n) is 8.50. The Kier molecular flexibility index (Phi) is 5.08. The minimum atomic E-state index is -0.248. The molecule has 2 aromatic heterocycles. The highest BCUT2D eigenvalue weighted by molar-refractivity contribution is 6.05. The van der Waals surface area contributed by atoms with Crippen molar-refractivity contribution >= 4 is 21.9 Å². The Balaban J connectivity index is 1.74. The van der Waals surface area contributed by atoms with Gasteiger partial charge in [-0.15, -0.1) is 0 Å². The quantitative estimate of drug-likeness (QED) is 0.589. The number of hydrogen-bond donors (Lipinski definition) is 1. The third-order valence-electron chi connectivity index (χ3n) is 4.05. The molecule has 0 radical (unpaired) electrons. The van der Waals surface area contributed by atoms with E-state index in [1.54, 1.807) is 6.07 Å². The average Bonchev–Trinajstić information content (AvgIpc) is 2.53. The lowest BCUT2D eigenvalue weighted by Gasteiger charge is -2.09. The molecule has 5 heteroatoms. The molecular weight excluding hydrogens is 308 g/mol. The van der Waals surface area contributed by atoms with Crippen LogP contribution in [0.15, 0.2) is 37.9 Å². The summed E-state index contributed by atoms with van der Waals surface area (Å²) in [6.07, 6.45) is 7.09. The van der Waals surface area contributed by atoms with Crippen LogP contribution in [0.4, 0.5) is 0 Å². The summed E-state index contributed by atoms with van der Waals surface area (Å²) in [4.78, 5) is 11.7. The first kappa shape index (κ1) is 16.4. The zero-order valence-corrected chi connectivity index (χ0v) is 13.8. The molecule has 0 atom stereocenters. The van der Waals surface area contributed by atoms with Crippen molar-refractivity contribution in [1.29, 1.82) is 0 Å². The number of ether oxygens (including phenoxy) is 1. The van der Waals surface area contributed by atoms with Crippen molar-refractivity contribution in [2.24, 2.45) is 0 Å². The lowest BCUT2D eigenvalue weighted by Crippen LogP contribution is -2.00. The Hall–Kier alpha value is -2.43. The highest BCUT2D eigenvalue weighted by atomic mass is 16.6. The average molecular weight is 330 g/mol. The summed E-state index contributed by atoms with van der Waals surface area (Å²) in [5, 5.41) is 11.1. The Bertz CT molecular complexity index is 874. The lowest BCUT2D eigenvalue weighted by atomic mass is 10.1. The van der Waals surface area contributed by atoms with Crippen molar-refractivity contribution in [3.8, 4) is 11.9 Å². The Morgan fingerprint density at radius 1 is 0.958 bits per heavy atom. The van der Waals surface area contributed by atoms with E-state index in [1.807, 2.05) is 0 Å². The highest BCUT2D eigenvalue weighted by Crippen LogP contribution is 2.33. The maximum Gasteiger partial charge on any atom is 0.285 e. The standard InChI is InChI=1S/C19H22O5/c1-2-3-4-5-6-7-8-22-18-10-13-9-17(21)23-15-11-14(20)12-16(24-18)19(13)15/h9-12,21H,2-8H2,1H3. The molecular formula is C19H22O5. The molecule has 1 aromatic carbocycles. The van der Waals surface area contributed by atoms with E-state index in [0.29, 0.717) is 34.5 Å². The Morgan fingerprint density at radius 3 is 2.46 bits per heavy atom. The summed E-state index contributed by atoms with van der Waals surface area (Å²) in [5.41, 5.74) is 0.463. The SMILES string of the molecule is CCCCCCCCOc1cc2cc(O)oc3cc(=O)cc(o1)c23. The van der Waals surface area contributed by atoms with Gasteiger partial charge in [-0.2, -0.15) is 0 Å². The van der Waals surface area contributed by atoms with Gasteiger partial charge in [0.2, 0.25) is 0 Å². The monoisotopic (exact) mass is 330 g/mol. The van der Waals surface area contributed by atoms with Crippen molar-refractivity contribution in [3.05, 3.63) is 34.5 Å². The second kappa shape index (κ2) is 7.43. The fourth-order valence-corrected chi connectivity index (χ4v) is 2.86. The summed E-state index contributed by atoms with van der Waals surface area (Å²) in [5.74, 6) is 0.0935. The zero-order valence-electron chi connectivity index (χ0n) is 13.8. The van der Waals surface area contributed by atoms with Crippen LogP contribution in [0.25, 0.3) is 21.9 Å². The van der Waals surface area contributed by atoms with Gasteiger partial charge in [-0.25, -0.2) is 0 Å². The van der Waals surface area contributed by atoms with E-state index in [9.17, 15) is 9.90 Å². The predicted molar refractivity (Wildman–Crippen MR) is 92.8 cm³/mol. The summed E-state index contributed by atoms with van der Waals surface area (Å²) >= 11 is 0. The molecule has 128 valence electrons. The van der Waals surface area contributed by atoms with Crippen LogP contribution in [-0.2, 0) is 0 Å². The highest BCUT2D eigenvalue weighted by Gasteiger charge is 2.12. The van der Waals surface area contributed by atoms with E-state index >= 15 is 0 Å². The van der Waals surface area contributed by atoms with Gasteiger partial charge in [0.05, 0.1) is 12.0 Å². The van der Waals surface area contributed by atoms with Gasteiger partial charge in [0.25, 0.3) is 11.9 Å². The molecule has 0 aliphatic rings. The number of benzene rings is 1. The second-order valence-electron chi connectivity index (χ2n) is 6.02. The summed E-state index contributed by atoms with van der Waals surface area (Å²) in [6, 6.07) is 5.94. The van der Waals surface area contributed by atoms with Crippen LogP contribution in [0.3, 0.4) is 0 Å². The molecule has 5 nitrogen and oxygen atoms in total. The normalized spacial score (nSPS) is 11.4. The van der Waals surface area contributed by atoms with E-state index in [2.05, 4.69) is 6.92 Å². The van der Waals surface area contributed by atoms with Crippen molar-refractivity contribution in [3.63, 3.8) is 0 Å². The molecule has 3 rings (SSSR count). The van der Waals surface area contributed by atoms with Crippen LogP contribution in [-0.4, -0.2) is 11.7 Å². The van der Waals surface area contributed by atoms with Gasteiger partial charge in [0.15, 0.2) is 5.43 Å². The van der Waals surface area contributed by atoms with Crippen LogP contribution in [0.2, 0.25) is 0 Å². The van der Waals surface area contributed by atoms with Crippen LogP contribution < -0.4 is 10.2 Å². The van der Waals surface area contributed by atoms with Crippen molar-refractivity contribution in [2.45, 2.75) is 45.4 Å². The number of hydrogen-bond acceptors (Lipinski definition) is 5. The van der Waals surface area contributed by atoms with Crippen LogP contribution >= 0.6 is 0 Å². The minimum absolute atomic E-state index is 0.241. The van der Waals surface area contributed by atoms with Crippen molar-refractivity contribution in [1.82, 2.24) is 0 Å². The fourth-order valence-electron chi connectivity index (χ4n) is 2.86. The topological polar surface area (TPSA) is 72.8 Å². The van der Waals surface area contributed by atoms with Gasteiger partial charge in [0, 0.05) is 29.7 Å². The van der Waals surface area contributed by atoms with E-state index < -0.39 is 0 Å². The van der Waals surface area contributed by atoms with Crippen LogP contribution in [0, 0.1) is 0 Å².